The molecule has 4 heterocycles. The summed E-state index contributed by atoms with van der Waals surface area (Å²) in [6, 6.07) is -1.53. The largest absolute Gasteiger partial charge is 0.469 e. The number of nitrogens with zero attached hydrogens (tertiary/aromatic N) is 5. The van der Waals surface area contributed by atoms with Crippen LogP contribution in [0.3, 0.4) is 0 Å². The number of aliphatic hydroxyl groups is 3. The van der Waals surface area contributed by atoms with E-state index < -0.39 is 68.7 Å². The molecule has 1 saturated heterocycles. The van der Waals surface area contributed by atoms with Crippen LogP contribution in [0.4, 0.5) is 4.79 Å². The number of nitrogens with one attached hydrogen (secondary N) is 1. The lowest BCUT2D eigenvalue weighted by Gasteiger charge is -2.21. The second-order valence-electron chi connectivity index (χ2n) is 9.21. The number of amides is 1. The molecule has 0 spiro atoms. The Balaban J connectivity index is 1.73. The van der Waals surface area contributed by atoms with Crippen molar-refractivity contribution in [2.24, 2.45) is 7.05 Å². The molecule has 1 aliphatic heterocycles. The molecule has 0 saturated carbocycles. The van der Waals surface area contributed by atoms with Crippen LogP contribution in [0.1, 0.15) is 17.6 Å². The Labute approximate surface area is 230 Å². The van der Waals surface area contributed by atoms with Gasteiger partial charge in [0.25, 0.3) is 5.56 Å². The van der Waals surface area contributed by atoms with Crippen molar-refractivity contribution in [3.63, 3.8) is 0 Å². The number of methoxy groups -OCH3 is 2. The molecule has 0 aliphatic carbocycles. The third kappa shape index (κ3) is 5.70. The maximum atomic E-state index is 13.6. The predicted molar refractivity (Wildman–Crippen MR) is 133 cm³/mol. The Kier molecular flexibility index (Phi) is 8.53. The number of ether oxygens (including phenoxy) is 3. The Hall–Kier alpha value is -3.42. The number of esters is 1. The summed E-state index contributed by atoms with van der Waals surface area (Å²) in [5.41, 5.74) is -0.176. The van der Waals surface area contributed by atoms with Gasteiger partial charge in [-0.25, -0.2) is 28.5 Å². The number of aromatic nitrogens is 5. The summed E-state index contributed by atoms with van der Waals surface area (Å²) in [6.07, 6.45) is -7.52. The molecule has 19 nitrogen and oxygen atoms in total. The van der Waals surface area contributed by atoms with Gasteiger partial charge in [-0.15, -0.1) is 0 Å². The fourth-order valence-electron chi connectivity index (χ4n) is 4.66. The average molecular weight is 604 g/mol. The van der Waals surface area contributed by atoms with Gasteiger partial charge in [-0.2, -0.15) is 0 Å². The number of fused-ring (bicyclic) bond motifs is 2. The molecular formula is C21H29N6O13P. The first kappa shape index (κ1) is 30.5. The summed E-state index contributed by atoms with van der Waals surface area (Å²) in [6.45, 7) is 0.838. The van der Waals surface area contributed by atoms with E-state index in [2.05, 4.69) is 29.3 Å². The fraction of sp³-hybridized carbons (Fsp3) is 0.571. The minimum absolute atomic E-state index is 0.0777. The molecule has 20 heteroatoms. The highest BCUT2D eigenvalue weighted by atomic mass is 31.2. The summed E-state index contributed by atoms with van der Waals surface area (Å²) < 4.78 is 34.1. The maximum Gasteiger partial charge on any atom is 0.469 e. The number of hydrogen-bond donors (Lipinski definition) is 6. The number of carbonyl (C=O) groups is 2. The second-order valence-corrected chi connectivity index (χ2v) is 10.4. The third-order valence-electron chi connectivity index (χ3n) is 6.67. The minimum Gasteiger partial charge on any atom is -0.467 e. The van der Waals surface area contributed by atoms with Gasteiger partial charge in [0, 0.05) is 13.5 Å². The molecule has 226 valence electrons. The summed E-state index contributed by atoms with van der Waals surface area (Å²) in [5.74, 6) is -0.876. The maximum absolute atomic E-state index is 13.6. The first-order valence-electron chi connectivity index (χ1n) is 12.0. The van der Waals surface area contributed by atoms with E-state index in [-0.39, 0.29) is 29.1 Å². The summed E-state index contributed by atoms with van der Waals surface area (Å²) in [5, 5.41) is 34.0. The zero-order valence-corrected chi connectivity index (χ0v) is 23.0. The number of imidazole rings is 2. The Morgan fingerprint density at radius 3 is 2.51 bits per heavy atom. The topological polar surface area (TPSA) is 258 Å². The number of rotatable bonds is 9. The van der Waals surface area contributed by atoms with Gasteiger partial charge < -0.3 is 44.6 Å². The van der Waals surface area contributed by atoms with Gasteiger partial charge in [-0.05, 0) is 6.92 Å². The van der Waals surface area contributed by atoms with Crippen LogP contribution in [-0.4, -0.2) is 112 Å². The molecule has 41 heavy (non-hydrogen) atoms. The summed E-state index contributed by atoms with van der Waals surface area (Å²) in [7, 11) is -1.20. The molecule has 6 atom stereocenters. The van der Waals surface area contributed by atoms with Gasteiger partial charge in [0.05, 0.1) is 44.6 Å². The van der Waals surface area contributed by atoms with Gasteiger partial charge in [0.15, 0.2) is 23.4 Å². The van der Waals surface area contributed by atoms with E-state index in [4.69, 9.17) is 14.5 Å². The van der Waals surface area contributed by atoms with Crippen molar-refractivity contribution in [3.8, 4) is 0 Å². The van der Waals surface area contributed by atoms with E-state index in [1.807, 2.05) is 0 Å². The van der Waals surface area contributed by atoms with Crippen LogP contribution < -0.4 is 10.9 Å². The summed E-state index contributed by atoms with van der Waals surface area (Å²) in [4.78, 5) is 64.0. The van der Waals surface area contributed by atoms with Crippen molar-refractivity contribution < 1.29 is 58.0 Å². The Bertz CT molecular complexity index is 1580. The van der Waals surface area contributed by atoms with E-state index in [0.29, 0.717) is 5.69 Å². The Morgan fingerprint density at radius 1 is 1.22 bits per heavy atom. The lowest BCUT2D eigenvalue weighted by atomic mass is 10.1. The quantitative estimate of drug-likeness (QED) is 0.107. The van der Waals surface area contributed by atoms with Crippen LogP contribution in [-0.2, 0) is 41.6 Å². The van der Waals surface area contributed by atoms with Gasteiger partial charge in [0.2, 0.25) is 5.78 Å². The van der Waals surface area contributed by atoms with E-state index in [1.165, 1.54) is 26.9 Å². The molecule has 1 unspecified atom stereocenters. The smallest absolute Gasteiger partial charge is 0.467 e. The van der Waals surface area contributed by atoms with Crippen LogP contribution in [0.5, 0.6) is 0 Å². The number of phosphoric ester groups is 1. The lowest BCUT2D eigenvalue weighted by Crippen LogP contribution is -2.50. The minimum atomic E-state index is -4.88. The molecule has 3 aromatic rings. The fourth-order valence-corrected chi connectivity index (χ4v) is 5.00. The van der Waals surface area contributed by atoms with Crippen molar-refractivity contribution in [2.45, 2.75) is 50.0 Å². The van der Waals surface area contributed by atoms with E-state index in [9.17, 15) is 34.3 Å². The van der Waals surface area contributed by atoms with Gasteiger partial charge in [-0.1, -0.05) is 0 Å². The molecule has 1 aliphatic rings. The van der Waals surface area contributed by atoms with Gasteiger partial charge >= 0.3 is 19.9 Å². The molecular weight excluding hydrogens is 575 g/mol. The van der Waals surface area contributed by atoms with Crippen molar-refractivity contribution >= 4 is 36.8 Å². The monoisotopic (exact) mass is 604 g/mol. The van der Waals surface area contributed by atoms with E-state index in [0.717, 1.165) is 14.2 Å². The van der Waals surface area contributed by atoms with Crippen molar-refractivity contribution in [3.05, 3.63) is 28.1 Å². The molecule has 1 amide bonds. The van der Waals surface area contributed by atoms with Crippen LogP contribution in [0.25, 0.3) is 16.9 Å². The zero-order chi connectivity index (χ0) is 30.4. The van der Waals surface area contributed by atoms with Crippen LogP contribution >= 0.6 is 7.82 Å². The standard InChI is InChI=1S/C21H29N6O13P/c1-8-9(5-10(28)12(19(32)37-3)24-21(33)38-4)27-17(31)13-16(25(2)20(27)23-8)26(7-22-13)18-15(30)14(29)11(40-18)6-39-41(34,35)36/h7,10-12,14-15,18,28-30H,5-6H2,1-4H3,(H,24,33)(H2,34,35,36)/t10?,11-,12+,14-,15-,18-/m1/s1. The highest BCUT2D eigenvalue weighted by Gasteiger charge is 2.45. The number of hydrogen-bond acceptors (Lipinski definition) is 13. The molecule has 1 fully saturated rings. The molecule has 0 radical (unpaired) electrons. The van der Waals surface area contributed by atoms with Crippen LogP contribution in [0.2, 0.25) is 0 Å². The first-order chi connectivity index (χ1) is 19.2. The van der Waals surface area contributed by atoms with Crippen LogP contribution in [0, 0.1) is 6.92 Å². The number of aliphatic hydroxyl groups excluding tert-OH is 3. The normalized spacial score (nSPS) is 22.7. The number of alkyl carbamates (subject to hydrolysis) is 1. The van der Waals surface area contributed by atoms with E-state index >= 15 is 0 Å². The van der Waals surface area contributed by atoms with Gasteiger partial charge in [0.1, 0.15) is 18.3 Å². The van der Waals surface area contributed by atoms with E-state index in [1.54, 1.807) is 6.92 Å². The summed E-state index contributed by atoms with van der Waals surface area (Å²) >= 11 is 0. The highest BCUT2D eigenvalue weighted by molar-refractivity contribution is 7.46. The SMILES string of the molecule is COC(=O)N[C@H](C(=O)OC)C(O)Cc1c(C)nc2n(C)c3c(ncn3[C@@H]3O[C@H](COP(=O)(O)O)[C@@H](O)[C@H]3O)c(=O)n12. The number of phosphoric acid groups is 1. The van der Waals surface area contributed by atoms with Crippen LogP contribution in [0.15, 0.2) is 11.1 Å². The van der Waals surface area contributed by atoms with Crippen molar-refractivity contribution in [1.82, 2.24) is 28.8 Å². The van der Waals surface area contributed by atoms with Crippen molar-refractivity contribution in [2.75, 3.05) is 20.8 Å². The second kappa shape index (κ2) is 11.5. The zero-order valence-electron chi connectivity index (χ0n) is 22.1. The number of aryl methyl sites for hydroxylation is 2. The predicted octanol–water partition coefficient (Wildman–Crippen LogP) is -2.78. The Morgan fingerprint density at radius 2 is 1.90 bits per heavy atom. The molecule has 0 bridgehead atoms. The third-order valence-corrected chi connectivity index (χ3v) is 7.15. The lowest BCUT2D eigenvalue weighted by molar-refractivity contribution is -0.146. The number of carbonyl (C=O) groups excluding carboxylic acids is 2. The molecule has 3 aromatic heterocycles. The highest BCUT2D eigenvalue weighted by Crippen LogP contribution is 2.38. The van der Waals surface area contributed by atoms with Gasteiger partial charge in [-0.3, -0.25) is 18.5 Å². The molecule has 0 aromatic carbocycles. The molecule has 4 rings (SSSR count). The average Bonchev–Trinajstić information content (AvgIpc) is 3.58. The first-order valence-corrected chi connectivity index (χ1v) is 13.5. The van der Waals surface area contributed by atoms with Crippen molar-refractivity contribution in [1.29, 1.82) is 0 Å². The molecule has 6 N–H and O–H groups in total.